The zero-order chi connectivity index (χ0) is 17.6. The predicted octanol–water partition coefficient (Wildman–Crippen LogP) is 2.19. The number of amides is 1. The highest BCUT2D eigenvalue weighted by atomic mass is 16.5. The topological polar surface area (TPSA) is 76.1 Å². The van der Waals surface area contributed by atoms with Crippen LogP contribution in [0.5, 0.6) is 5.75 Å². The third-order valence-corrected chi connectivity index (χ3v) is 4.02. The Balaban J connectivity index is 1.65. The molecule has 0 saturated carbocycles. The van der Waals surface area contributed by atoms with Crippen LogP contribution in [0, 0.1) is 0 Å². The molecule has 0 spiro atoms. The van der Waals surface area contributed by atoms with Crippen molar-refractivity contribution in [2.75, 3.05) is 19.8 Å². The molecule has 1 heterocycles. The molecule has 130 valence electrons. The molecule has 1 aliphatic rings. The quantitative estimate of drug-likeness (QED) is 0.902. The molecule has 2 aromatic carbocycles. The maximum absolute atomic E-state index is 12.6. The molecular weight excluding hydrogens is 322 g/mol. The first-order valence-corrected chi connectivity index (χ1v) is 8.03. The second kappa shape index (κ2) is 7.81. The number of carboxylic acid groups (broad SMARTS) is 1. The Labute approximate surface area is 145 Å². The number of carbonyl (C=O) groups is 2. The second-order valence-corrected chi connectivity index (χ2v) is 5.73. The number of ether oxygens (including phenoxy) is 2. The van der Waals surface area contributed by atoms with Gasteiger partial charge in [0.1, 0.15) is 12.4 Å². The Morgan fingerprint density at radius 2 is 1.84 bits per heavy atom. The number of nitrogens with zero attached hydrogens (tertiary/aromatic N) is 1. The van der Waals surface area contributed by atoms with Gasteiger partial charge >= 0.3 is 5.97 Å². The van der Waals surface area contributed by atoms with Crippen molar-refractivity contribution in [1.29, 1.82) is 0 Å². The standard InChI is InChI=1S/C19H19NO5/c21-18(20-10-11-24-13-17(20)19(22)23)15-8-6-14(7-9-15)12-25-16-4-2-1-3-5-16/h1-9,17H,10-13H2,(H,22,23). The number of aliphatic carboxylic acids is 1. The molecule has 1 unspecified atom stereocenters. The van der Waals surface area contributed by atoms with Gasteiger partial charge in [0, 0.05) is 12.1 Å². The summed E-state index contributed by atoms with van der Waals surface area (Å²) in [4.78, 5) is 25.2. The molecule has 3 rings (SSSR count). The average molecular weight is 341 g/mol. The van der Waals surface area contributed by atoms with Gasteiger partial charge in [0.15, 0.2) is 6.04 Å². The first kappa shape index (κ1) is 17.0. The van der Waals surface area contributed by atoms with Gasteiger partial charge in [-0.1, -0.05) is 30.3 Å². The molecule has 1 aliphatic heterocycles. The van der Waals surface area contributed by atoms with Gasteiger partial charge in [0.05, 0.1) is 13.2 Å². The molecule has 2 aromatic rings. The normalized spacial score (nSPS) is 17.1. The van der Waals surface area contributed by atoms with Crippen molar-refractivity contribution in [3.05, 3.63) is 65.7 Å². The number of hydrogen-bond acceptors (Lipinski definition) is 4. The van der Waals surface area contributed by atoms with Crippen molar-refractivity contribution < 1.29 is 24.2 Å². The number of para-hydroxylation sites is 1. The van der Waals surface area contributed by atoms with E-state index in [0.717, 1.165) is 11.3 Å². The van der Waals surface area contributed by atoms with Gasteiger partial charge < -0.3 is 19.5 Å². The summed E-state index contributed by atoms with van der Waals surface area (Å²) in [6, 6.07) is 15.5. The number of hydrogen-bond donors (Lipinski definition) is 1. The fraction of sp³-hybridized carbons (Fsp3) is 0.263. The number of morpholine rings is 1. The van der Waals surface area contributed by atoms with E-state index in [1.54, 1.807) is 12.1 Å². The molecule has 1 amide bonds. The summed E-state index contributed by atoms with van der Waals surface area (Å²) < 4.78 is 10.8. The van der Waals surface area contributed by atoms with Gasteiger partial charge in [-0.15, -0.1) is 0 Å². The van der Waals surface area contributed by atoms with E-state index < -0.39 is 12.0 Å². The molecule has 1 N–H and O–H groups in total. The van der Waals surface area contributed by atoms with Crippen LogP contribution in [0.2, 0.25) is 0 Å². The fourth-order valence-corrected chi connectivity index (χ4v) is 2.64. The maximum atomic E-state index is 12.6. The Bertz CT molecular complexity index is 729. The van der Waals surface area contributed by atoms with Crippen LogP contribution in [-0.4, -0.2) is 47.7 Å². The lowest BCUT2D eigenvalue weighted by Gasteiger charge is -2.32. The van der Waals surface area contributed by atoms with Gasteiger partial charge in [0.25, 0.3) is 5.91 Å². The highest BCUT2D eigenvalue weighted by molar-refractivity contribution is 5.96. The number of carbonyl (C=O) groups excluding carboxylic acids is 1. The Kier molecular flexibility index (Phi) is 5.30. The molecule has 25 heavy (non-hydrogen) atoms. The van der Waals surface area contributed by atoms with Crippen LogP contribution in [0.25, 0.3) is 0 Å². The molecule has 1 atom stereocenters. The van der Waals surface area contributed by atoms with Crippen LogP contribution in [0.15, 0.2) is 54.6 Å². The molecule has 6 nitrogen and oxygen atoms in total. The van der Waals surface area contributed by atoms with Crippen LogP contribution in [0.1, 0.15) is 15.9 Å². The molecule has 0 aliphatic carbocycles. The fourth-order valence-electron chi connectivity index (χ4n) is 2.64. The first-order chi connectivity index (χ1) is 12.1. The molecule has 1 fully saturated rings. The van der Waals surface area contributed by atoms with E-state index in [0.29, 0.717) is 18.8 Å². The summed E-state index contributed by atoms with van der Waals surface area (Å²) in [5.41, 5.74) is 1.38. The molecule has 6 heteroatoms. The highest BCUT2D eigenvalue weighted by Crippen LogP contribution is 2.15. The summed E-state index contributed by atoms with van der Waals surface area (Å²) in [5, 5.41) is 9.24. The number of benzene rings is 2. The lowest BCUT2D eigenvalue weighted by molar-refractivity contribution is -0.147. The minimum absolute atomic E-state index is 0.0179. The van der Waals surface area contributed by atoms with Gasteiger partial charge in [-0.05, 0) is 29.8 Å². The largest absolute Gasteiger partial charge is 0.489 e. The van der Waals surface area contributed by atoms with E-state index >= 15 is 0 Å². The van der Waals surface area contributed by atoms with Gasteiger partial charge in [0.2, 0.25) is 0 Å². The van der Waals surface area contributed by atoms with Crippen LogP contribution in [0.4, 0.5) is 0 Å². The maximum Gasteiger partial charge on any atom is 0.328 e. The van der Waals surface area contributed by atoms with Crippen molar-refractivity contribution in [1.82, 2.24) is 4.90 Å². The van der Waals surface area contributed by atoms with E-state index in [-0.39, 0.29) is 19.1 Å². The third kappa shape index (κ3) is 4.16. The molecule has 1 saturated heterocycles. The Hall–Kier alpha value is -2.86. The van der Waals surface area contributed by atoms with E-state index in [1.165, 1.54) is 4.90 Å². The number of rotatable bonds is 5. The van der Waals surface area contributed by atoms with E-state index in [1.807, 2.05) is 42.5 Å². The third-order valence-electron chi connectivity index (χ3n) is 4.02. The minimum Gasteiger partial charge on any atom is -0.489 e. The van der Waals surface area contributed by atoms with Crippen molar-refractivity contribution in [2.24, 2.45) is 0 Å². The predicted molar refractivity (Wildman–Crippen MR) is 90.5 cm³/mol. The van der Waals surface area contributed by atoms with Crippen LogP contribution < -0.4 is 4.74 Å². The van der Waals surface area contributed by atoms with E-state index in [2.05, 4.69) is 0 Å². The first-order valence-electron chi connectivity index (χ1n) is 8.03. The smallest absolute Gasteiger partial charge is 0.328 e. The average Bonchev–Trinajstić information content (AvgIpc) is 2.67. The Morgan fingerprint density at radius 3 is 2.52 bits per heavy atom. The van der Waals surface area contributed by atoms with Gasteiger partial charge in [-0.25, -0.2) is 4.79 Å². The summed E-state index contributed by atoms with van der Waals surface area (Å²) >= 11 is 0. The second-order valence-electron chi connectivity index (χ2n) is 5.73. The van der Waals surface area contributed by atoms with Crippen LogP contribution in [-0.2, 0) is 16.1 Å². The number of carboxylic acids is 1. The Morgan fingerprint density at radius 1 is 1.12 bits per heavy atom. The van der Waals surface area contributed by atoms with E-state index in [9.17, 15) is 14.7 Å². The van der Waals surface area contributed by atoms with Crippen molar-refractivity contribution in [2.45, 2.75) is 12.6 Å². The lowest BCUT2D eigenvalue weighted by atomic mass is 10.1. The molecule has 0 radical (unpaired) electrons. The summed E-state index contributed by atoms with van der Waals surface area (Å²) in [6.45, 7) is 1.03. The minimum atomic E-state index is -1.05. The molecule has 0 aromatic heterocycles. The van der Waals surface area contributed by atoms with Gasteiger partial charge in [-0.2, -0.15) is 0 Å². The lowest BCUT2D eigenvalue weighted by Crippen LogP contribution is -2.52. The SMILES string of the molecule is O=C(O)C1COCCN1C(=O)c1ccc(COc2ccccc2)cc1. The monoisotopic (exact) mass is 341 g/mol. The summed E-state index contributed by atoms with van der Waals surface area (Å²) in [7, 11) is 0. The molecule has 0 bridgehead atoms. The van der Waals surface area contributed by atoms with Crippen LogP contribution in [0.3, 0.4) is 0 Å². The summed E-state index contributed by atoms with van der Waals surface area (Å²) in [6.07, 6.45) is 0. The molecular formula is C19H19NO5. The van der Waals surface area contributed by atoms with E-state index in [4.69, 9.17) is 9.47 Å². The zero-order valence-electron chi connectivity index (χ0n) is 13.6. The van der Waals surface area contributed by atoms with Crippen LogP contribution >= 0.6 is 0 Å². The van der Waals surface area contributed by atoms with Crippen molar-refractivity contribution >= 4 is 11.9 Å². The zero-order valence-corrected chi connectivity index (χ0v) is 13.6. The van der Waals surface area contributed by atoms with Crippen molar-refractivity contribution in [3.8, 4) is 5.75 Å². The summed E-state index contributed by atoms with van der Waals surface area (Å²) in [5.74, 6) is -0.576. The highest BCUT2D eigenvalue weighted by Gasteiger charge is 2.33. The van der Waals surface area contributed by atoms with Gasteiger partial charge in [-0.3, -0.25) is 4.79 Å². The van der Waals surface area contributed by atoms with Crippen molar-refractivity contribution in [3.63, 3.8) is 0 Å².